The molecular formula is H9BiCuOPbSr. The van der Waals surface area contributed by atoms with Crippen LogP contribution in [-0.4, -0.2) is 104 Å². The van der Waals surface area contributed by atoms with Gasteiger partial charge >= 0.3 is 99.0 Å². The standard InChI is InChI=1S/Bi.Cu.H2O.Pb.Sr.7H/h;;1H2;;;;;;;;;/q;;;;+2;;;;;;2*-1. The normalized spacial score (nSPS) is 0. The maximum Gasteiger partial charge on any atom is 2.00 e. The first-order valence-electron chi connectivity index (χ1n) is 0. The average molecular weight is 592 g/mol. The van der Waals surface area contributed by atoms with E-state index in [1.54, 1.807) is 0 Å². The van der Waals surface area contributed by atoms with Gasteiger partial charge < -0.3 is 8.33 Å². The fraction of sp³-hybridized carbons (Fsp3) is 0. The van der Waals surface area contributed by atoms with Crippen molar-refractivity contribution >= 4 is 99.0 Å². The predicted molar refractivity (Wildman–Crippen MR) is 30.1 cm³/mol. The SMILES string of the molecule is O.[BiH3].[Cu].[H-].[H-].[PbH2].[Sr+2]. The van der Waals surface area contributed by atoms with E-state index in [0.717, 1.165) is 0 Å². The van der Waals surface area contributed by atoms with Crippen LogP contribution in [0.5, 0.6) is 0 Å². The number of hydrogen-bond acceptors (Lipinski definition) is 0. The third-order valence-corrected chi connectivity index (χ3v) is 0. The van der Waals surface area contributed by atoms with Crippen LogP contribution in [0.4, 0.5) is 0 Å². The Bertz CT molecular complexity index is 17.7. The molecule has 0 unspecified atom stereocenters. The molecule has 0 spiro atoms. The van der Waals surface area contributed by atoms with Gasteiger partial charge in [0, 0.05) is 17.1 Å². The quantitative estimate of drug-likeness (QED) is 0.268. The van der Waals surface area contributed by atoms with Crippen LogP contribution in [0, 0.1) is 0 Å². The first-order chi connectivity index (χ1) is 0. The predicted octanol–water partition coefficient (Wildman–Crippen LogP) is -3.08. The Morgan fingerprint density at radius 1 is 1.20 bits per heavy atom. The van der Waals surface area contributed by atoms with Crippen LogP contribution in [0.2, 0.25) is 0 Å². The minimum absolute atomic E-state index is 0. The molecule has 2 N–H and O–H groups in total. The van der Waals surface area contributed by atoms with E-state index in [1.165, 1.54) is 0 Å². The maximum atomic E-state index is 0. The van der Waals surface area contributed by atoms with E-state index < -0.39 is 0 Å². The van der Waals surface area contributed by atoms with Gasteiger partial charge in [0.25, 0.3) is 0 Å². The van der Waals surface area contributed by atoms with E-state index in [0.29, 0.717) is 0 Å². The van der Waals surface area contributed by atoms with Gasteiger partial charge in [0.2, 0.25) is 0 Å². The second kappa shape index (κ2) is 25.1. The van der Waals surface area contributed by atoms with Crippen molar-refractivity contribution in [1.82, 2.24) is 0 Å². The largest absolute Gasteiger partial charge is 2.00 e. The van der Waals surface area contributed by atoms with Gasteiger partial charge in [-0.1, -0.05) is 0 Å². The number of rotatable bonds is 0. The monoisotopic (exact) mass is 593 g/mol. The molecule has 0 saturated carbocycles. The minimum atomic E-state index is 0. The fourth-order valence-electron chi connectivity index (χ4n) is 0. The zero-order chi connectivity index (χ0) is 0. The van der Waals surface area contributed by atoms with Crippen LogP contribution in [-0.2, 0) is 17.1 Å². The molecule has 1 nitrogen and oxygen atoms in total. The van der Waals surface area contributed by atoms with Crippen molar-refractivity contribution in [2.45, 2.75) is 0 Å². The smallest absolute Gasteiger partial charge is 2.00 e. The molecule has 0 fully saturated rings. The van der Waals surface area contributed by atoms with E-state index in [4.69, 9.17) is 0 Å². The molecule has 0 aliphatic heterocycles. The molecule has 0 aliphatic carbocycles. The van der Waals surface area contributed by atoms with Crippen LogP contribution >= 0.6 is 0 Å². The molecular weight excluding hydrogens is 583 g/mol. The molecule has 0 rings (SSSR count). The van der Waals surface area contributed by atoms with Crippen molar-refractivity contribution in [2.24, 2.45) is 0 Å². The average Bonchev–Trinajstić information content (AvgIpc) is 0. The van der Waals surface area contributed by atoms with Gasteiger partial charge in [0.1, 0.15) is 0 Å². The van der Waals surface area contributed by atoms with Crippen LogP contribution in [0.1, 0.15) is 2.85 Å². The molecule has 0 aromatic rings. The van der Waals surface area contributed by atoms with Crippen molar-refractivity contribution in [1.29, 1.82) is 0 Å². The summed E-state index contributed by atoms with van der Waals surface area (Å²) in [5, 5.41) is 0. The molecule has 0 aromatic heterocycles. The summed E-state index contributed by atoms with van der Waals surface area (Å²) in [6.07, 6.45) is 0. The molecule has 5 heavy (non-hydrogen) atoms. The second-order valence-corrected chi connectivity index (χ2v) is 0. The van der Waals surface area contributed by atoms with Crippen LogP contribution in [0.25, 0.3) is 0 Å². The Morgan fingerprint density at radius 2 is 1.20 bits per heavy atom. The van der Waals surface area contributed by atoms with Crippen LogP contribution < -0.4 is 0 Å². The summed E-state index contributed by atoms with van der Waals surface area (Å²) in [7, 11) is 0. The van der Waals surface area contributed by atoms with Crippen molar-refractivity contribution in [3.8, 4) is 0 Å². The molecule has 0 aromatic carbocycles. The summed E-state index contributed by atoms with van der Waals surface area (Å²) in [6, 6.07) is 0. The Morgan fingerprint density at radius 3 is 1.20 bits per heavy atom. The molecule has 0 atom stereocenters. The topological polar surface area (TPSA) is 31.5 Å². The third kappa shape index (κ3) is 18.2. The summed E-state index contributed by atoms with van der Waals surface area (Å²) in [5.74, 6) is 0. The summed E-state index contributed by atoms with van der Waals surface area (Å²) < 4.78 is 0. The van der Waals surface area contributed by atoms with Crippen molar-refractivity contribution in [3.05, 3.63) is 0 Å². The fourth-order valence-corrected chi connectivity index (χ4v) is 0. The van der Waals surface area contributed by atoms with E-state index in [-0.39, 0.29) is 124 Å². The maximum absolute atomic E-state index is 0. The molecule has 5 heteroatoms. The zero-order valence-electron chi connectivity index (χ0n) is 4.92. The first-order valence-corrected chi connectivity index (χ1v) is 0. The van der Waals surface area contributed by atoms with Gasteiger partial charge in [-0.3, -0.25) is 0 Å². The molecule has 0 heterocycles. The summed E-state index contributed by atoms with van der Waals surface area (Å²) in [6.45, 7) is 0. The first kappa shape index (κ1) is 37.3. The molecule has 0 bridgehead atoms. The van der Waals surface area contributed by atoms with Crippen molar-refractivity contribution in [2.75, 3.05) is 0 Å². The Labute approximate surface area is 121 Å². The molecule has 0 amide bonds. The van der Waals surface area contributed by atoms with Crippen LogP contribution in [0.3, 0.4) is 0 Å². The van der Waals surface area contributed by atoms with E-state index >= 15 is 0 Å². The minimum Gasteiger partial charge on any atom is 2.00 e. The molecule has 0 aliphatic rings. The molecule has 3 radical (unpaired) electrons. The van der Waals surface area contributed by atoms with Crippen molar-refractivity contribution < 1.29 is 25.4 Å². The van der Waals surface area contributed by atoms with Crippen LogP contribution in [0.15, 0.2) is 0 Å². The number of hydrogen-bond donors (Lipinski definition) is 0. The van der Waals surface area contributed by atoms with Crippen molar-refractivity contribution in [3.63, 3.8) is 0 Å². The molecule has 0 saturated heterocycles. The third-order valence-electron chi connectivity index (χ3n) is 0. The summed E-state index contributed by atoms with van der Waals surface area (Å²) >= 11 is 0. The van der Waals surface area contributed by atoms with Gasteiger partial charge in [0.05, 0.1) is 0 Å². The van der Waals surface area contributed by atoms with E-state index in [2.05, 4.69) is 0 Å². The van der Waals surface area contributed by atoms with E-state index in [1.807, 2.05) is 0 Å². The Balaban J connectivity index is 0. The van der Waals surface area contributed by atoms with Gasteiger partial charge in [-0.15, -0.1) is 0 Å². The Hall–Kier alpha value is 3.77. The molecule has 37 valence electrons. The van der Waals surface area contributed by atoms with Gasteiger partial charge in [0.15, 0.2) is 0 Å². The Kier molecular flexibility index (Phi) is 187. The zero-order valence-corrected chi connectivity index (χ0v) is 18.3. The van der Waals surface area contributed by atoms with Gasteiger partial charge in [-0.25, -0.2) is 0 Å². The summed E-state index contributed by atoms with van der Waals surface area (Å²) in [5.41, 5.74) is 0. The van der Waals surface area contributed by atoms with Gasteiger partial charge in [-0.2, -0.15) is 0 Å². The van der Waals surface area contributed by atoms with Gasteiger partial charge in [-0.05, 0) is 0 Å². The summed E-state index contributed by atoms with van der Waals surface area (Å²) in [4.78, 5) is 0. The van der Waals surface area contributed by atoms with E-state index in [9.17, 15) is 0 Å². The second-order valence-electron chi connectivity index (χ2n) is 0.